The van der Waals surface area contributed by atoms with Crippen LogP contribution in [0.4, 0.5) is 10.1 Å². The van der Waals surface area contributed by atoms with Crippen molar-refractivity contribution in [2.75, 3.05) is 5.43 Å². The zero-order chi connectivity index (χ0) is 13.7. The molecule has 0 aliphatic carbocycles. The summed E-state index contributed by atoms with van der Waals surface area (Å²) in [5, 5.41) is 14.5. The van der Waals surface area contributed by atoms with Gasteiger partial charge in [-0.25, -0.2) is 4.39 Å². The predicted molar refractivity (Wildman–Crippen MR) is 68.4 cm³/mol. The van der Waals surface area contributed by atoms with Crippen molar-refractivity contribution >= 4 is 17.9 Å². The first-order valence-corrected chi connectivity index (χ1v) is 5.51. The van der Waals surface area contributed by atoms with Gasteiger partial charge in [0.05, 0.1) is 17.9 Å². The number of carboxylic acids is 1. The summed E-state index contributed by atoms with van der Waals surface area (Å²) in [7, 11) is 0. The summed E-state index contributed by atoms with van der Waals surface area (Å²) >= 11 is 0. The van der Waals surface area contributed by atoms with E-state index in [0.717, 1.165) is 5.56 Å². The van der Waals surface area contributed by atoms with Crippen molar-refractivity contribution < 1.29 is 14.3 Å². The molecule has 0 radical (unpaired) electrons. The molecule has 0 amide bonds. The summed E-state index contributed by atoms with van der Waals surface area (Å²) in [6.07, 6.45) is 1.53. The third-order valence-corrected chi connectivity index (χ3v) is 2.40. The van der Waals surface area contributed by atoms with Gasteiger partial charge in [0.1, 0.15) is 5.82 Å². The zero-order valence-electron chi connectivity index (χ0n) is 9.84. The molecule has 2 rings (SSSR count). The molecule has 0 aliphatic heterocycles. The molecule has 4 nitrogen and oxygen atoms in total. The van der Waals surface area contributed by atoms with Crippen LogP contribution in [-0.2, 0) is 0 Å². The van der Waals surface area contributed by atoms with Gasteiger partial charge in [-0.3, -0.25) is 5.43 Å². The Labute approximate surface area is 109 Å². The second-order valence-electron chi connectivity index (χ2n) is 3.79. The molecule has 0 saturated heterocycles. The van der Waals surface area contributed by atoms with Crippen LogP contribution in [0, 0.1) is 5.82 Å². The third kappa shape index (κ3) is 3.64. The van der Waals surface area contributed by atoms with Crippen molar-refractivity contribution in [3.63, 3.8) is 0 Å². The Bertz CT molecular complexity index is 592. The second-order valence-corrected chi connectivity index (χ2v) is 3.79. The highest BCUT2D eigenvalue weighted by Gasteiger charge is 1.93. The van der Waals surface area contributed by atoms with Gasteiger partial charge in [0, 0.05) is 0 Å². The average Bonchev–Trinajstić information content (AvgIpc) is 2.41. The van der Waals surface area contributed by atoms with Crippen molar-refractivity contribution in [2.24, 2.45) is 5.10 Å². The molecule has 0 heterocycles. The minimum atomic E-state index is -1.21. The van der Waals surface area contributed by atoms with Crippen LogP contribution in [0.5, 0.6) is 0 Å². The second kappa shape index (κ2) is 5.77. The van der Waals surface area contributed by atoms with Gasteiger partial charge in [-0.15, -0.1) is 0 Å². The van der Waals surface area contributed by atoms with Crippen LogP contribution >= 0.6 is 0 Å². The number of nitrogens with one attached hydrogen (secondary N) is 1. The maximum Gasteiger partial charge on any atom is 0.123 e. The van der Waals surface area contributed by atoms with Crippen molar-refractivity contribution in [2.45, 2.75) is 0 Å². The quantitative estimate of drug-likeness (QED) is 0.669. The van der Waals surface area contributed by atoms with E-state index in [-0.39, 0.29) is 11.4 Å². The summed E-state index contributed by atoms with van der Waals surface area (Å²) in [6.45, 7) is 0. The fourth-order valence-electron chi connectivity index (χ4n) is 1.41. The van der Waals surface area contributed by atoms with Crippen molar-refractivity contribution in [1.29, 1.82) is 0 Å². The van der Waals surface area contributed by atoms with Gasteiger partial charge in [0.2, 0.25) is 0 Å². The largest absolute Gasteiger partial charge is 0.545 e. The number of benzene rings is 2. The number of nitrogens with zero attached hydrogens (tertiary/aromatic N) is 1. The molecule has 96 valence electrons. The predicted octanol–water partition coefficient (Wildman–Crippen LogP) is 1.64. The number of aromatic carboxylic acids is 1. The standard InChI is InChI=1S/C14H11FN2O2/c15-12-5-7-13(8-6-12)17-16-9-10-1-3-11(4-2-10)14(18)19/h1-9,17H,(H,18,19)/p-1/b16-9-. The Kier molecular flexibility index (Phi) is 3.87. The number of halogens is 1. The van der Waals surface area contributed by atoms with E-state index < -0.39 is 5.97 Å². The molecular formula is C14H10FN2O2-. The number of hydrogen-bond donors (Lipinski definition) is 1. The fraction of sp³-hybridized carbons (Fsp3) is 0. The van der Waals surface area contributed by atoms with Gasteiger partial charge < -0.3 is 9.90 Å². The normalized spacial score (nSPS) is 10.6. The number of anilines is 1. The molecule has 1 N–H and O–H groups in total. The van der Waals surface area contributed by atoms with Gasteiger partial charge in [-0.05, 0) is 35.4 Å². The first kappa shape index (κ1) is 12.8. The molecule has 0 fully saturated rings. The van der Waals surface area contributed by atoms with Crippen LogP contribution in [0.25, 0.3) is 0 Å². The lowest BCUT2D eigenvalue weighted by Crippen LogP contribution is -2.21. The Morgan fingerprint density at radius 1 is 1.11 bits per heavy atom. The molecule has 0 aromatic heterocycles. The summed E-state index contributed by atoms with van der Waals surface area (Å²) in [6, 6.07) is 11.9. The first-order valence-electron chi connectivity index (χ1n) is 5.51. The molecule has 5 heteroatoms. The van der Waals surface area contributed by atoms with Crippen LogP contribution in [0.1, 0.15) is 15.9 Å². The summed E-state index contributed by atoms with van der Waals surface area (Å²) < 4.78 is 12.7. The topological polar surface area (TPSA) is 64.5 Å². The minimum Gasteiger partial charge on any atom is -0.545 e. The number of hydrazone groups is 1. The SMILES string of the molecule is O=C([O-])c1ccc(/C=N\Nc2ccc(F)cc2)cc1. The van der Waals surface area contributed by atoms with Crippen LogP contribution < -0.4 is 10.5 Å². The van der Waals surface area contributed by atoms with E-state index >= 15 is 0 Å². The molecular weight excluding hydrogens is 247 g/mol. The monoisotopic (exact) mass is 257 g/mol. The van der Waals surface area contributed by atoms with E-state index in [1.165, 1.54) is 30.5 Å². The van der Waals surface area contributed by atoms with Crippen LogP contribution in [-0.4, -0.2) is 12.2 Å². The number of carbonyl (C=O) groups excluding carboxylic acids is 1. The number of carbonyl (C=O) groups is 1. The highest BCUT2D eigenvalue weighted by molar-refractivity contribution is 5.87. The van der Waals surface area contributed by atoms with Crippen molar-refractivity contribution in [1.82, 2.24) is 0 Å². The lowest BCUT2D eigenvalue weighted by molar-refractivity contribution is -0.255. The van der Waals surface area contributed by atoms with E-state index in [0.29, 0.717) is 5.69 Å². The Hall–Kier alpha value is -2.69. The molecule has 0 unspecified atom stereocenters. The van der Waals surface area contributed by atoms with Gasteiger partial charge in [-0.1, -0.05) is 24.3 Å². The highest BCUT2D eigenvalue weighted by atomic mass is 19.1. The Morgan fingerprint density at radius 2 is 1.74 bits per heavy atom. The van der Waals surface area contributed by atoms with Gasteiger partial charge in [-0.2, -0.15) is 5.10 Å². The molecule has 0 saturated carbocycles. The molecule has 0 aliphatic rings. The summed E-state index contributed by atoms with van der Waals surface area (Å²) in [5.41, 5.74) is 4.24. The highest BCUT2D eigenvalue weighted by Crippen LogP contribution is 2.08. The first-order chi connectivity index (χ1) is 9.15. The number of carboxylic acid groups (broad SMARTS) is 1. The maximum atomic E-state index is 12.7. The lowest BCUT2D eigenvalue weighted by Gasteiger charge is -2.02. The van der Waals surface area contributed by atoms with E-state index in [1.54, 1.807) is 24.3 Å². The van der Waals surface area contributed by atoms with Crippen LogP contribution in [0.15, 0.2) is 53.6 Å². The van der Waals surface area contributed by atoms with E-state index in [2.05, 4.69) is 10.5 Å². The van der Waals surface area contributed by atoms with Crippen molar-refractivity contribution in [3.8, 4) is 0 Å². The van der Waals surface area contributed by atoms with Crippen molar-refractivity contribution in [3.05, 3.63) is 65.5 Å². The zero-order valence-corrected chi connectivity index (χ0v) is 9.84. The average molecular weight is 257 g/mol. The van der Waals surface area contributed by atoms with Gasteiger partial charge >= 0.3 is 0 Å². The van der Waals surface area contributed by atoms with E-state index in [9.17, 15) is 14.3 Å². The van der Waals surface area contributed by atoms with Crippen LogP contribution in [0.3, 0.4) is 0 Å². The van der Waals surface area contributed by atoms with Gasteiger partial charge in [0.15, 0.2) is 0 Å². The molecule has 2 aromatic carbocycles. The lowest BCUT2D eigenvalue weighted by atomic mass is 10.1. The van der Waals surface area contributed by atoms with Gasteiger partial charge in [0.25, 0.3) is 0 Å². The Morgan fingerprint density at radius 3 is 2.32 bits per heavy atom. The maximum absolute atomic E-state index is 12.7. The summed E-state index contributed by atoms with van der Waals surface area (Å²) in [4.78, 5) is 10.6. The smallest absolute Gasteiger partial charge is 0.123 e. The number of hydrogen-bond acceptors (Lipinski definition) is 4. The molecule has 0 spiro atoms. The number of rotatable bonds is 4. The Balaban J connectivity index is 1.98. The van der Waals surface area contributed by atoms with E-state index in [4.69, 9.17) is 0 Å². The summed E-state index contributed by atoms with van der Waals surface area (Å²) in [5.74, 6) is -1.53. The minimum absolute atomic E-state index is 0.114. The third-order valence-electron chi connectivity index (χ3n) is 2.40. The molecule has 0 atom stereocenters. The molecule has 0 bridgehead atoms. The van der Waals surface area contributed by atoms with E-state index in [1.807, 2.05) is 0 Å². The van der Waals surface area contributed by atoms with Crippen LogP contribution in [0.2, 0.25) is 0 Å². The molecule has 2 aromatic rings. The fourth-order valence-corrected chi connectivity index (χ4v) is 1.41. The molecule has 19 heavy (non-hydrogen) atoms.